The van der Waals surface area contributed by atoms with Crippen molar-refractivity contribution in [2.45, 2.75) is 43.1 Å². The summed E-state index contributed by atoms with van der Waals surface area (Å²) in [6.45, 7) is 2.16. The second-order valence-electron chi connectivity index (χ2n) is 8.50. The number of rotatable bonds is 6. The van der Waals surface area contributed by atoms with Crippen LogP contribution in [0.1, 0.15) is 41.0 Å². The van der Waals surface area contributed by atoms with Crippen molar-refractivity contribution in [2.24, 2.45) is 11.8 Å². The van der Waals surface area contributed by atoms with E-state index in [0.717, 1.165) is 41.9 Å². The van der Waals surface area contributed by atoms with Crippen molar-refractivity contribution in [1.29, 1.82) is 5.26 Å². The summed E-state index contributed by atoms with van der Waals surface area (Å²) in [7, 11) is 3.37. The summed E-state index contributed by atoms with van der Waals surface area (Å²) in [5.74, 6) is 4.73. The van der Waals surface area contributed by atoms with Gasteiger partial charge in [0.25, 0.3) is 0 Å². The molecule has 0 saturated carbocycles. The predicted octanol–water partition coefficient (Wildman–Crippen LogP) is 6.24. The minimum atomic E-state index is -0.110. The highest BCUT2D eigenvalue weighted by Crippen LogP contribution is 2.50. The van der Waals surface area contributed by atoms with Gasteiger partial charge in [0.1, 0.15) is 0 Å². The van der Waals surface area contributed by atoms with Crippen molar-refractivity contribution in [3.05, 3.63) is 58.7 Å². The molecule has 1 saturated heterocycles. The summed E-state index contributed by atoms with van der Waals surface area (Å²) in [6.07, 6.45) is 4.28. The fourth-order valence-corrected chi connectivity index (χ4v) is 8.53. The zero-order chi connectivity index (χ0) is 21.8. The van der Waals surface area contributed by atoms with Crippen LogP contribution in [0.2, 0.25) is 0 Å². The summed E-state index contributed by atoms with van der Waals surface area (Å²) in [5, 5.41) is 10.3. The second-order valence-corrected chi connectivity index (χ2v) is 11.3. The van der Waals surface area contributed by atoms with Crippen LogP contribution in [0.5, 0.6) is 11.5 Å². The maximum absolute atomic E-state index is 10.3. The normalized spacial score (nSPS) is 22.3. The molecule has 1 aliphatic carbocycles. The fraction of sp³-hybridized carbons (Fsp3) is 0.500. The first-order chi connectivity index (χ1) is 15.2. The molecule has 0 bridgehead atoms. The Morgan fingerprint density at radius 3 is 2.61 bits per heavy atom. The molecule has 4 rings (SSSR count). The van der Waals surface area contributed by atoms with Gasteiger partial charge in [0.15, 0.2) is 11.5 Å². The first kappa shape index (κ1) is 22.4. The van der Waals surface area contributed by atoms with Crippen LogP contribution in [0, 0.1) is 30.1 Å². The number of thioether (sulfide) groups is 2. The first-order valence-corrected chi connectivity index (χ1v) is 13.2. The molecule has 2 aromatic rings. The Balaban J connectivity index is 1.70. The van der Waals surface area contributed by atoms with E-state index < -0.39 is 0 Å². The average molecular weight is 454 g/mol. The van der Waals surface area contributed by atoms with E-state index in [1.807, 2.05) is 6.07 Å². The van der Waals surface area contributed by atoms with E-state index in [1.54, 1.807) is 14.2 Å². The molecule has 0 N–H and O–H groups in total. The van der Waals surface area contributed by atoms with Gasteiger partial charge in [-0.05, 0) is 73.1 Å². The number of hydrogen-bond donors (Lipinski definition) is 0. The lowest BCUT2D eigenvalue weighted by Crippen LogP contribution is -2.34. The number of methoxy groups -OCH3 is 2. The van der Waals surface area contributed by atoms with Gasteiger partial charge in [-0.15, -0.1) is 23.5 Å². The third kappa shape index (κ3) is 4.71. The predicted molar refractivity (Wildman–Crippen MR) is 131 cm³/mol. The third-order valence-corrected chi connectivity index (χ3v) is 9.84. The smallest absolute Gasteiger partial charge is 0.164 e. The number of benzene rings is 2. The highest BCUT2D eigenvalue weighted by Gasteiger charge is 2.41. The monoisotopic (exact) mass is 453 g/mol. The Bertz CT molecular complexity index is 949. The SMILES string of the molecule is COc1ccc2c(c1OC)CCC(C(Cc1cccc(C)c1)C1SCCCS1)C2C#N. The van der Waals surface area contributed by atoms with Crippen LogP contribution < -0.4 is 9.47 Å². The summed E-state index contributed by atoms with van der Waals surface area (Å²) >= 11 is 4.21. The van der Waals surface area contributed by atoms with Crippen molar-refractivity contribution < 1.29 is 9.47 Å². The summed E-state index contributed by atoms with van der Waals surface area (Å²) in [4.78, 5) is 0. The first-order valence-electron chi connectivity index (χ1n) is 11.1. The number of nitrogens with zero attached hydrogens (tertiary/aromatic N) is 1. The van der Waals surface area contributed by atoms with Crippen LogP contribution in [0.4, 0.5) is 0 Å². The Labute approximate surface area is 194 Å². The van der Waals surface area contributed by atoms with Crippen molar-refractivity contribution >= 4 is 23.5 Å². The Morgan fingerprint density at radius 1 is 1.13 bits per heavy atom. The van der Waals surface area contributed by atoms with Gasteiger partial charge in [-0.25, -0.2) is 0 Å². The molecule has 164 valence electrons. The lowest BCUT2D eigenvalue weighted by Gasteiger charge is -2.40. The van der Waals surface area contributed by atoms with E-state index in [2.05, 4.69) is 66.8 Å². The van der Waals surface area contributed by atoms with Crippen LogP contribution in [0.25, 0.3) is 0 Å². The summed E-state index contributed by atoms with van der Waals surface area (Å²) in [6, 6.07) is 15.7. The zero-order valence-corrected chi connectivity index (χ0v) is 20.2. The number of fused-ring (bicyclic) bond motifs is 1. The second kappa shape index (κ2) is 10.2. The highest BCUT2D eigenvalue weighted by atomic mass is 32.2. The Hall–Kier alpha value is -1.77. The van der Waals surface area contributed by atoms with Crippen LogP contribution in [0.15, 0.2) is 36.4 Å². The van der Waals surface area contributed by atoms with Gasteiger partial charge in [0.05, 0.1) is 30.8 Å². The lowest BCUT2D eigenvalue weighted by molar-refractivity contribution is 0.285. The minimum absolute atomic E-state index is 0.110. The van der Waals surface area contributed by atoms with Crippen LogP contribution in [-0.4, -0.2) is 30.3 Å². The van der Waals surface area contributed by atoms with Crippen LogP contribution in [-0.2, 0) is 12.8 Å². The topological polar surface area (TPSA) is 42.2 Å². The Morgan fingerprint density at radius 2 is 1.94 bits per heavy atom. The molecule has 2 aromatic carbocycles. The molecule has 1 fully saturated rings. The van der Waals surface area contributed by atoms with E-state index in [0.29, 0.717) is 16.4 Å². The number of hydrogen-bond acceptors (Lipinski definition) is 5. The molecule has 3 atom stereocenters. The molecule has 0 spiro atoms. The summed E-state index contributed by atoms with van der Waals surface area (Å²) < 4.78 is 11.8. The molecule has 0 radical (unpaired) electrons. The van der Waals surface area contributed by atoms with E-state index in [4.69, 9.17) is 9.47 Å². The molecule has 1 heterocycles. The quantitative estimate of drug-likeness (QED) is 0.518. The van der Waals surface area contributed by atoms with Gasteiger partial charge in [-0.1, -0.05) is 35.9 Å². The fourth-order valence-electron chi connectivity index (χ4n) is 5.20. The van der Waals surface area contributed by atoms with E-state index in [9.17, 15) is 5.26 Å². The number of nitriles is 1. The van der Waals surface area contributed by atoms with Gasteiger partial charge in [0.2, 0.25) is 0 Å². The average Bonchev–Trinajstić information content (AvgIpc) is 2.81. The van der Waals surface area contributed by atoms with Crippen molar-refractivity contribution in [2.75, 3.05) is 25.7 Å². The molecule has 1 aliphatic heterocycles. The third-order valence-electron chi connectivity index (χ3n) is 6.62. The highest BCUT2D eigenvalue weighted by molar-refractivity contribution is 8.17. The number of aryl methyl sites for hydroxylation is 1. The molecule has 5 heteroatoms. The Kier molecular flexibility index (Phi) is 7.40. The molecule has 3 nitrogen and oxygen atoms in total. The van der Waals surface area contributed by atoms with Gasteiger partial charge in [0, 0.05) is 5.56 Å². The zero-order valence-electron chi connectivity index (χ0n) is 18.6. The van der Waals surface area contributed by atoms with Gasteiger partial charge < -0.3 is 9.47 Å². The van der Waals surface area contributed by atoms with Crippen LogP contribution in [0.3, 0.4) is 0 Å². The van der Waals surface area contributed by atoms with Gasteiger partial charge in [-0.2, -0.15) is 5.26 Å². The molecule has 2 aliphatic rings. The van der Waals surface area contributed by atoms with Crippen molar-refractivity contribution in [3.8, 4) is 17.6 Å². The number of ether oxygens (including phenoxy) is 2. The van der Waals surface area contributed by atoms with Crippen molar-refractivity contribution in [1.82, 2.24) is 0 Å². The molecule has 0 amide bonds. The van der Waals surface area contributed by atoms with Crippen molar-refractivity contribution in [3.63, 3.8) is 0 Å². The van der Waals surface area contributed by atoms with E-state index in [-0.39, 0.29) is 5.92 Å². The minimum Gasteiger partial charge on any atom is -0.493 e. The molecule has 0 aromatic heterocycles. The maximum atomic E-state index is 10.3. The van der Waals surface area contributed by atoms with Gasteiger partial charge in [-0.3, -0.25) is 0 Å². The van der Waals surface area contributed by atoms with Gasteiger partial charge >= 0.3 is 0 Å². The van der Waals surface area contributed by atoms with E-state index in [1.165, 1.54) is 29.1 Å². The van der Waals surface area contributed by atoms with E-state index >= 15 is 0 Å². The standard InChI is InChI=1S/C26H31NO2S2/c1-17-6-4-7-18(14-17)15-22(26-30-12-5-13-31-26)20-8-9-21-19(23(20)16-27)10-11-24(28-2)25(21)29-3/h4,6-7,10-11,14,20,22-23,26H,5,8-9,12-13,15H2,1-3H3. The largest absolute Gasteiger partial charge is 0.493 e. The molecular formula is C26H31NO2S2. The van der Waals surface area contributed by atoms with Crippen LogP contribution >= 0.6 is 23.5 Å². The lowest BCUT2D eigenvalue weighted by atomic mass is 9.69. The molecule has 31 heavy (non-hydrogen) atoms. The molecular weight excluding hydrogens is 422 g/mol. The maximum Gasteiger partial charge on any atom is 0.164 e. The molecule has 3 unspecified atom stereocenters. The summed E-state index contributed by atoms with van der Waals surface area (Å²) in [5.41, 5.74) is 4.99.